The van der Waals surface area contributed by atoms with Gasteiger partial charge in [0.15, 0.2) is 0 Å². The van der Waals surface area contributed by atoms with Crippen LogP contribution in [0.2, 0.25) is 0 Å². The summed E-state index contributed by atoms with van der Waals surface area (Å²) >= 11 is 0. The first-order valence-electron chi connectivity index (χ1n) is 6.38. The quantitative estimate of drug-likeness (QED) is 0.827. The van der Waals surface area contributed by atoms with Gasteiger partial charge in [-0.15, -0.1) is 0 Å². The summed E-state index contributed by atoms with van der Waals surface area (Å²) in [5, 5.41) is 0. The van der Waals surface area contributed by atoms with Gasteiger partial charge in [-0.05, 0) is 19.1 Å². The standard InChI is InChI=1S/C14H15N3O4S/c1-10-7-16-11(8-15-10)9-17-22(19,20)13-6-4-3-5-12(13)14(18)21-2/h3-8,17H,9H2,1-2H3. The summed E-state index contributed by atoms with van der Waals surface area (Å²) in [6.07, 6.45) is 3.04. The molecule has 7 nitrogen and oxygen atoms in total. The number of hydrogen-bond donors (Lipinski definition) is 1. The Morgan fingerprint density at radius 1 is 1.23 bits per heavy atom. The third-order valence-corrected chi connectivity index (χ3v) is 4.32. The molecule has 1 aromatic carbocycles. The second kappa shape index (κ2) is 6.63. The molecule has 1 heterocycles. The molecule has 0 radical (unpaired) electrons. The minimum atomic E-state index is -3.87. The zero-order valence-corrected chi connectivity index (χ0v) is 12.9. The highest BCUT2D eigenvalue weighted by atomic mass is 32.2. The number of aryl methyl sites for hydroxylation is 1. The molecule has 22 heavy (non-hydrogen) atoms. The topological polar surface area (TPSA) is 98.2 Å². The number of methoxy groups -OCH3 is 1. The van der Waals surface area contributed by atoms with Crippen molar-refractivity contribution < 1.29 is 17.9 Å². The molecule has 0 aliphatic rings. The predicted molar refractivity (Wildman–Crippen MR) is 78.6 cm³/mol. The smallest absolute Gasteiger partial charge is 0.339 e. The van der Waals surface area contributed by atoms with Crippen molar-refractivity contribution in [1.29, 1.82) is 0 Å². The fourth-order valence-electron chi connectivity index (χ4n) is 1.74. The van der Waals surface area contributed by atoms with Crippen molar-refractivity contribution in [2.24, 2.45) is 0 Å². The van der Waals surface area contributed by atoms with E-state index in [4.69, 9.17) is 0 Å². The monoisotopic (exact) mass is 321 g/mol. The molecule has 1 aromatic heterocycles. The largest absolute Gasteiger partial charge is 0.465 e. The SMILES string of the molecule is COC(=O)c1ccccc1S(=O)(=O)NCc1cnc(C)cn1. The Balaban J connectivity index is 2.24. The van der Waals surface area contributed by atoms with Gasteiger partial charge in [0.2, 0.25) is 10.0 Å². The first kappa shape index (κ1) is 16.1. The van der Waals surface area contributed by atoms with E-state index in [2.05, 4.69) is 19.4 Å². The van der Waals surface area contributed by atoms with Gasteiger partial charge >= 0.3 is 5.97 Å². The average Bonchev–Trinajstić information content (AvgIpc) is 2.53. The zero-order chi connectivity index (χ0) is 16.2. The Bertz CT molecular complexity index is 773. The number of carbonyl (C=O) groups is 1. The maximum absolute atomic E-state index is 12.3. The number of esters is 1. The van der Waals surface area contributed by atoms with Crippen LogP contribution in [-0.4, -0.2) is 31.5 Å². The number of sulfonamides is 1. The summed E-state index contributed by atoms with van der Waals surface area (Å²) in [5.41, 5.74) is 1.19. The molecular weight excluding hydrogens is 306 g/mol. The summed E-state index contributed by atoms with van der Waals surface area (Å²) in [6.45, 7) is 1.76. The van der Waals surface area contributed by atoms with Gasteiger partial charge in [-0.3, -0.25) is 9.97 Å². The molecule has 0 bridgehead atoms. The number of hydrogen-bond acceptors (Lipinski definition) is 6. The first-order chi connectivity index (χ1) is 10.4. The Labute approximate surface area is 128 Å². The third-order valence-electron chi connectivity index (χ3n) is 2.86. The van der Waals surface area contributed by atoms with Crippen molar-refractivity contribution in [2.75, 3.05) is 7.11 Å². The van der Waals surface area contributed by atoms with E-state index in [1.54, 1.807) is 19.2 Å². The van der Waals surface area contributed by atoms with Crippen LogP contribution in [0.1, 0.15) is 21.7 Å². The van der Waals surface area contributed by atoms with Gasteiger partial charge in [-0.2, -0.15) is 0 Å². The molecule has 0 saturated carbocycles. The molecule has 0 fully saturated rings. The van der Waals surface area contributed by atoms with Crippen LogP contribution in [0.15, 0.2) is 41.6 Å². The van der Waals surface area contributed by atoms with E-state index in [9.17, 15) is 13.2 Å². The van der Waals surface area contributed by atoms with E-state index in [0.29, 0.717) is 5.69 Å². The molecule has 1 N–H and O–H groups in total. The normalized spacial score (nSPS) is 11.2. The molecule has 0 aliphatic heterocycles. The molecule has 0 saturated heterocycles. The number of ether oxygens (including phenoxy) is 1. The summed E-state index contributed by atoms with van der Waals surface area (Å²) in [6, 6.07) is 5.84. The zero-order valence-electron chi connectivity index (χ0n) is 12.1. The van der Waals surface area contributed by atoms with Crippen LogP contribution in [-0.2, 0) is 21.3 Å². The van der Waals surface area contributed by atoms with Gasteiger partial charge in [0.05, 0.1) is 41.7 Å². The number of benzene rings is 1. The Kier molecular flexibility index (Phi) is 4.84. The van der Waals surface area contributed by atoms with E-state index in [0.717, 1.165) is 5.69 Å². The van der Waals surface area contributed by atoms with Crippen LogP contribution in [0.4, 0.5) is 0 Å². The molecule has 0 spiro atoms. The summed E-state index contributed by atoms with van der Waals surface area (Å²) < 4.78 is 31.7. The second-order valence-electron chi connectivity index (χ2n) is 4.46. The van der Waals surface area contributed by atoms with Crippen molar-refractivity contribution in [3.8, 4) is 0 Å². The van der Waals surface area contributed by atoms with Crippen molar-refractivity contribution in [2.45, 2.75) is 18.4 Å². The molecule has 2 aromatic rings. The Morgan fingerprint density at radius 3 is 2.59 bits per heavy atom. The first-order valence-corrected chi connectivity index (χ1v) is 7.87. The van der Waals surface area contributed by atoms with E-state index < -0.39 is 16.0 Å². The minimum absolute atomic E-state index is 0.0208. The lowest BCUT2D eigenvalue weighted by atomic mass is 10.2. The van der Waals surface area contributed by atoms with Crippen molar-refractivity contribution in [3.63, 3.8) is 0 Å². The van der Waals surface area contributed by atoms with Gasteiger partial charge < -0.3 is 4.74 Å². The van der Waals surface area contributed by atoms with Crippen LogP contribution in [0.5, 0.6) is 0 Å². The van der Waals surface area contributed by atoms with Crippen molar-refractivity contribution in [3.05, 3.63) is 53.6 Å². The number of nitrogens with one attached hydrogen (secondary N) is 1. The van der Waals surface area contributed by atoms with Crippen LogP contribution in [0.3, 0.4) is 0 Å². The fraction of sp³-hybridized carbons (Fsp3) is 0.214. The Morgan fingerprint density at radius 2 is 1.95 bits per heavy atom. The molecule has 0 atom stereocenters. The maximum atomic E-state index is 12.3. The van der Waals surface area contributed by atoms with E-state index in [1.165, 1.54) is 31.5 Å². The summed E-state index contributed by atoms with van der Waals surface area (Å²) in [5.74, 6) is -0.712. The van der Waals surface area contributed by atoms with Crippen LogP contribution < -0.4 is 4.72 Å². The average molecular weight is 321 g/mol. The lowest BCUT2D eigenvalue weighted by Gasteiger charge is -2.10. The van der Waals surface area contributed by atoms with E-state index in [1.807, 2.05) is 0 Å². The highest BCUT2D eigenvalue weighted by molar-refractivity contribution is 7.89. The number of nitrogens with zero attached hydrogens (tertiary/aromatic N) is 2. The van der Waals surface area contributed by atoms with Crippen molar-refractivity contribution >= 4 is 16.0 Å². The van der Waals surface area contributed by atoms with Gasteiger partial charge in [0.1, 0.15) is 0 Å². The number of rotatable bonds is 5. The van der Waals surface area contributed by atoms with Crippen LogP contribution >= 0.6 is 0 Å². The second-order valence-corrected chi connectivity index (χ2v) is 6.20. The summed E-state index contributed by atoms with van der Waals surface area (Å²) in [7, 11) is -2.68. The van der Waals surface area contributed by atoms with E-state index >= 15 is 0 Å². The van der Waals surface area contributed by atoms with Gasteiger partial charge in [-0.25, -0.2) is 17.9 Å². The van der Waals surface area contributed by atoms with Crippen molar-refractivity contribution in [1.82, 2.24) is 14.7 Å². The number of aromatic nitrogens is 2. The lowest BCUT2D eigenvalue weighted by molar-refractivity contribution is 0.0596. The van der Waals surface area contributed by atoms with Gasteiger partial charge in [0.25, 0.3) is 0 Å². The summed E-state index contributed by atoms with van der Waals surface area (Å²) in [4.78, 5) is 19.6. The van der Waals surface area contributed by atoms with Gasteiger partial charge in [-0.1, -0.05) is 12.1 Å². The molecule has 0 aliphatic carbocycles. The third kappa shape index (κ3) is 3.66. The molecular formula is C14H15N3O4S. The molecule has 0 amide bonds. The van der Waals surface area contributed by atoms with Crippen LogP contribution in [0, 0.1) is 6.92 Å². The lowest BCUT2D eigenvalue weighted by Crippen LogP contribution is -2.25. The molecule has 2 rings (SSSR count). The van der Waals surface area contributed by atoms with Gasteiger partial charge in [0, 0.05) is 6.20 Å². The molecule has 8 heteroatoms. The maximum Gasteiger partial charge on any atom is 0.339 e. The highest BCUT2D eigenvalue weighted by Gasteiger charge is 2.22. The molecule has 116 valence electrons. The predicted octanol–water partition coefficient (Wildman–Crippen LogP) is 1.05. The Hall–Kier alpha value is -2.32. The van der Waals surface area contributed by atoms with Crippen LogP contribution in [0.25, 0.3) is 0 Å². The minimum Gasteiger partial charge on any atom is -0.465 e. The fourth-order valence-corrected chi connectivity index (χ4v) is 2.93. The highest BCUT2D eigenvalue weighted by Crippen LogP contribution is 2.16. The van der Waals surface area contributed by atoms with E-state index in [-0.39, 0.29) is 17.0 Å². The number of carbonyl (C=O) groups excluding carboxylic acids is 1. The molecule has 0 unspecified atom stereocenters.